The summed E-state index contributed by atoms with van der Waals surface area (Å²) in [6.45, 7) is -0.390. The Morgan fingerprint density at radius 2 is 2.20 bits per heavy atom. The number of carbonyl (C=O) groups is 1. The van der Waals surface area contributed by atoms with Crippen LogP contribution in [0.1, 0.15) is 5.56 Å². The Morgan fingerprint density at radius 3 is 2.80 bits per heavy atom. The first-order chi connectivity index (χ1) is 9.38. The van der Waals surface area contributed by atoms with Gasteiger partial charge in [-0.3, -0.25) is 4.72 Å². The molecule has 0 heterocycles. The van der Waals surface area contributed by atoms with Crippen LogP contribution in [0.25, 0.3) is 0 Å². The van der Waals surface area contributed by atoms with Crippen LogP contribution < -0.4 is 9.44 Å². The Balaban J connectivity index is 3.05. The summed E-state index contributed by atoms with van der Waals surface area (Å²) in [4.78, 5) is 10.9. The maximum Gasteiger partial charge on any atom is 0.422 e. The summed E-state index contributed by atoms with van der Waals surface area (Å²) in [6, 6.07) is 4.24. The summed E-state index contributed by atoms with van der Waals surface area (Å²) < 4.78 is 31.2. The van der Waals surface area contributed by atoms with Gasteiger partial charge in [-0.1, -0.05) is 23.4 Å². The van der Waals surface area contributed by atoms with Crippen molar-refractivity contribution in [2.24, 2.45) is 0 Å². The number of hydrogen-bond donors (Lipinski definition) is 3. The van der Waals surface area contributed by atoms with Crippen molar-refractivity contribution in [2.75, 3.05) is 18.4 Å². The van der Waals surface area contributed by atoms with Crippen LogP contribution in [0, 0.1) is 11.8 Å². The monoisotopic (exact) mass is 318 g/mol. The second kappa shape index (κ2) is 7.00. The van der Waals surface area contributed by atoms with Crippen LogP contribution in [0.2, 0.25) is 5.02 Å². The van der Waals surface area contributed by atoms with Crippen molar-refractivity contribution in [3.8, 4) is 11.8 Å². The number of carbonyl (C=O) groups excluding carboxylic acids is 1. The molecule has 0 aromatic heterocycles. The highest BCUT2D eigenvalue weighted by Gasteiger charge is 2.16. The van der Waals surface area contributed by atoms with Crippen LogP contribution in [-0.4, -0.2) is 33.3 Å². The van der Waals surface area contributed by atoms with E-state index in [4.69, 9.17) is 16.7 Å². The third-order valence-electron chi connectivity index (χ3n) is 1.93. The molecule has 3 N–H and O–H groups in total. The van der Waals surface area contributed by atoms with E-state index in [9.17, 15) is 13.2 Å². The fraction of sp³-hybridized carbons (Fsp3) is 0.182. The van der Waals surface area contributed by atoms with Crippen molar-refractivity contribution < 1.29 is 23.1 Å². The molecule has 7 nitrogen and oxygen atoms in total. The molecule has 1 rings (SSSR count). The Morgan fingerprint density at radius 1 is 1.50 bits per heavy atom. The van der Waals surface area contributed by atoms with E-state index in [1.54, 1.807) is 4.72 Å². The van der Waals surface area contributed by atoms with Crippen molar-refractivity contribution in [1.82, 2.24) is 4.72 Å². The van der Waals surface area contributed by atoms with Gasteiger partial charge in [0.25, 0.3) is 0 Å². The summed E-state index contributed by atoms with van der Waals surface area (Å²) in [5.41, 5.74) is 0.355. The van der Waals surface area contributed by atoms with Gasteiger partial charge in [0.2, 0.25) is 0 Å². The van der Waals surface area contributed by atoms with Gasteiger partial charge in [0.1, 0.15) is 6.61 Å². The highest BCUT2D eigenvalue weighted by molar-refractivity contribution is 7.91. The topological polar surface area (TPSA) is 105 Å². The van der Waals surface area contributed by atoms with Gasteiger partial charge in [-0.15, -0.1) is 0 Å². The lowest BCUT2D eigenvalue weighted by Crippen LogP contribution is -2.35. The Kier molecular flexibility index (Phi) is 5.64. The Bertz CT molecular complexity index is 663. The standard InChI is InChI=1S/C11H11ClN2O5S/c1-19-11(16)14-20(17,18)13-10-5-4-9(12)7-8(10)3-2-6-15/h4-5,7,13,15H,6H2,1H3,(H,14,16). The van der Waals surface area contributed by atoms with Crippen molar-refractivity contribution in [3.05, 3.63) is 28.8 Å². The lowest BCUT2D eigenvalue weighted by atomic mass is 10.2. The molecule has 0 radical (unpaired) electrons. The molecule has 0 aliphatic heterocycles. The van der Waals surface area contributed by atoms with Crippen LogP contribution in [0.3, 0.4) is 0 Å². The van der Waals surface area contributed by atoms with Crippen molar-refractivity contribution >= 4 is 33.6 Å². The fourth-order valence-corrected chi connectivity index (χ4v) is 2.16. The molecular formula is C11H11ClN2O5S. The number of nitrogens with one attached hydrogen (secondary N) is 2. The van der Waals surface area contributed by atoms with Gasteiger partial charge in [-0.25, -0.2) is 9.52 Å². The molecule has 108 valence electrons. The Labute approximate surface area is 121 Å². The maximum absolute atomic E-state index is 11.6. The number of ether oxygens (including phenoxy) is 1. The maximum atomic E-state index is 11.6. The lowest BCUT2D eigenvalue weighted by molar-refractivity contribution is 0.177. The molecule has 0 aliphatic carbocycles. The zero-order valence-corrected chi connectivity index (χ0v) is 11.9. The molecule has 0 saturated heterocycles. The average molecular weight is 319 g/mol. The van der Waals surface area contributed by atoms with E-state index in [2.05, 4.69) is 21.3 Å². The zero-order chi connectivity index (χ0) is 15.2. The van der Waals surface area contributed by atoms with Crippen LogP contribution in [0.4, 0.5) is 10.5 Å². The number of aliphatic hydroxyl groups excluding tert-OH is 1. The molecular weight excluding hydrogens is 308 g/mol. The quantitative estimate of drug-likeness (QED) is 0.711. The number of anilines is 1. The number of methoxy groups -OCH3 is 1. The molecule has 0 fully saturated rings. The summed E-state index contributed by atoms with van der Waals surface area (Å²) >= 11 is 5.78. The molecule has 0 aliphatic rings. The van der Waals surface area contributed by atoms with Crippen LogP contribution in [-0.2, 0) is 14.9 Å². The lowest BCUT2D eigenvalue weighted by Gasteiger charge is -2.10. The van der Waals surface area contributed by atoms with E-state index < -0.39 is 16.3 Å². The number of benzene rings is 1. The molecule has 1 aromatic carbocycles. The summed E-state index contributed by atoms with van der Waals surface area (Å²) in [5, 5.41) is 9.00. The van der Waals surface area contributed by atoms with E-state index in [0.29, 0.717) is 5.02 Å². The molecule has 0 unspecified atom stereocenters. The molecule has 20 heavy (non-hydrogen) atoms. The summed E-state index contributed by atoms with van der Waals surface area (Å²) in [7, 11) is -3.12. The number of halogens is 1. The average Bonchev–Trinajstić information content (AvgIpc) is 2.38. The number of rotatable bonds is 3. The molecule has 0 saturated carbocycles. The summed E-state index contributed by atoms with van der Waals surface area (Å²) in [6.07, 6.45) is -1.13. The van der Waals surface area contributed by atoms with Gasteiger partial charge >= 0.3 is 16.3 Å². The predicted octanol–water partition coefficient (Wildman–Crippen LogP) is 0.696. The molecule has 1 amide bonds. The van der Waals surface area contributed by atoms with Crippen LogP contribution in [0.5, 0.6) is 0 Å². The smallest absolute Gasteiger partial charge is 0.422 e. The number of hydrogen-bond acceptors (Lipinski definition) is 5. The molecule has 0 atom stereocenters. The molecule has 1 aromatic rings. The highest BCUT2D eigenvalue weighted by atomic mass is 35.5. The molecule has 0 bridgehead atoms. The van der Waals surface area contributed by atoms with Gasteiger partial charge < -0.3 is 9.84 Å². The first kappa shape index (κ1) is 16.1. The van der Waals surface area contributed by atoms with E-state index in [-0.39, 0.29) is 17.9 Å². The van der Waals surface area contributed by atoms with Gasteiger partial charge in [-0.05, 0) is 18.2 Å². The summed E-state index contributed by atoms with van der Waals surface area (Å²) in [5.74, 6) is 4.91. The second-order valence-electron chi connectivity index (χ2n) is 3.35. The van der Waals surface area contributed by atoms with Crippen LogP contribution >= 0.6 is 11.6 Å². The minimum absolute atomic E-state index is 0.103. The fourth-order valence-electron chi connectivity index (χ4n) is 1.17. The Hall–Kier alpha value is -1.95. The highest BCUT2D eigenvalue weighted by Crippen LogP contribution is 2.20. The van der Waals surface area contributed by atoms with E-state index in [1.807, 2.05) is 0 Å². The van der Waals surface area contributed by atoms with Gasteiger partial charge in [0.05, 0.1) is 18.4 Å². The largest absolute Gasteiger partial charge is 0.452 e. The van der Waals surface area contributed by atoms with Crippen molar-refractivity contribution in [1.29, 1.82) is 0 Å². The van der Waals surface area contributed by atoms with Gasteiger partial charge in [0.15, 0.2) is 0 Å². The van der Waals surface area contributed by atoms with Crippen LogP contribution in [0.15, 0.2) is 18.2 Å². The normalized spacial score (nSPS) is 10.2. The third kappa shape index (κ3) is 4.97. The van der Waals surface area contributed by atoms with Crippen molar-refractivity contribution in [2.45, 2.75) is 0 Å². The number of aliphatic hydroxyl groups is 1. The first-order valence-corrected chi connectivity index (χ1v) is 7.02. The molecule has 0 spiro atoms. The molecule has 9 heteroatoms. The van der Waals surface area contributed by atoms with Crippen molar-refractivity contribution in [3.63, 3.8) is 0 Å². The second-order valence-corrected chi connectivity index (χ2v) is 5.20. The zero-order valence-electron chi connectivity index (χ0n) is 10.3. The minimum Gasteiger partial charge on any atom is -0.452 e. The first-order valence-electron chi connectivity index (χ1n) is 5.15. The van der Waals surface area contributed by atoms with E-state index in [1.165, 1.54) is 18.2 Å². The number of amides is 1. The predicted molar refractivity (Wildman–Crippen MR) is 73.5 cm³/mol. The SMILES string of the molecule is COC(=O)NS(=O)(=O)Nc1ccc(Cl)cc1C#CCO. The minimum atomic E-state index is -4.15. The van der Waals surface area contributed by atoms with E-state index >= 15 is 0 Å². The van der Waals surface area contributed by atoms with Gasteiger partial charge in [-0.2, -0.15) is 8.42 Å². The third-order valence-corrected chi connectivity index (χ3v) is 3.09. The van der Waals surface area contributed by atoms with E-state index in [0.717, 1.165) is 7.11 Å². The van der Waals surface area contributed by atoms with Gasteiger partial charge in [0, 0.05) is 5.02 Å².